The summed E-state index contributed by atoms with van der Waals surface area (Å²) in [6.45, 7) is 4.66. The Balaban J connectivity index is 1.48. The molecule has 0 bridgehead atoms. The van der Waals surface area contributed by atoms with E-state index in [0.29, 0.717) is 5.75 Å². The molecule has 0 N–H and O–H groups in total. The minimum absolute atomic E-state index is 0.0789. The topological polar surface area (TPSA) is 40.6 Å². The molecule has 1 aliphatic rings. The van der Waals surface area contributed by atoms with Crippen molar-refractivity contribution in [3.05, 3.63) is 58.6 Å². The van der Waals surface area contributed by atoms with Crippen molar-refractivity contribution in [1.29, 1.82) is 0 Å². The van der Waals surface area contributed by atoms with Gasteiger partial charge >= 0.3 is 0 Å². The average molecular weight is 433 g/mol. The molecular weight excluding hydrogens is 412 g/mol. The molecule has 2 aromatic rings. The number of piperazine rings is 1. The highest BCUT2D eigenvalue weighted by atomic mass is 79.9. The van der Waals surface area contributed by atoms with Crippen molar-refractivity contribution in [3.63, 3.8) is 0 Å². The van der Waals surface area contributed by atoms with Crippen molar-refractivity contribution in [2.24, 2.45) is 0 Å². The van der Waals surface area contributed by atoms with Gasteiger partial charge in [-0.2, -0.15) is 0 Å². The lowest BCUT2D eigenvalue weighted by Crippen LogP contribution is -2.49. The van der Waals surface area contributed by atoms with Crippen molar-refractivity contribution in [1.82, 2.24) is 4.90 Å². The largest absolute Gasteiger partial charge is 0.368 e. The summed E-state index contributed by atoms with van der Waals surface area (Å²) in [5, 5.41) is 0. The second kappa shape index (κ2) is 8.73. The van der Waals surface area contributed by atoms with Crippen molar-refractivity contribution in [3.8, 4) is 0 Å². The maximum absolute atomic E-state index is 12.4. The fourth-order valence-corrected chi connectivity index (χ4v) is 3.95. The van der Waals surface area contributed by atoms with E-state index < -0.39 is 0 Å². The van der Waals surface area contributed by atoms with Crippen molar-refractivity contribution in [2.75, 3.05) is 36.8 Å². The number of anilines is 1. The van der Waals surface area contributed by atoms with Crippen molar-refractivity contribution < 1.29 is 9.59 Å². The van der Waals surface area contributed by atoms with E-state index in [-0.39, 0.29) is 11.7 Å². The van der Waals surface area contributed by atoms with E-state index in [2.05, 4.69) is 20.8 Å². The molecule has 0 atom stereocenters. The highest BCUT2D eigenvalue weighted by Crippen LogP contribution is 2.22. The number of ketones is 1. The molecule has 0 radical (unpaired) electrons. The summed E-state index contributed by atoms with van der Waals surface area (Å²) in [6, 6.07) is 15.7. The van der Waals surface area contributed by atoms with Gasteiger partial charge in [-0.05, 0) is 55.5 Å². The van der Waals surface area contributed by atoms with E-state index >= 15 is 0 Å². The Morgan fingerprint density at radius 1 is 0.962 bits per heavy atom. The third-order valence-corrected chi connectivity index (χ3v) is 5.97. The molecule has 1 fully saturated rings. The minimum atomic E-state index is 0.0789. The van der Waals surface area contributed by atoms with Crippen LogP contribution in [0.5, 0.6) is 0 Å². The number of nitrogens with zero attached hydrogens (tertiary/aromatic N) is 2. The molecule has 0 saturated carbocycles. The Bertz CT molecular complexity index is 769. The molecule has 6 heteroatoms. The first-order valence-corrected chi connectivity index (χ1v) is 10.3. The number of carbonyl (C=O) groups excluding carboxylic acids is 2. The quantitative estimate of drug-likeness (QED) is 0.526. The molecule has 1 heterocycles. The van der Waals surface area contributed by atoms with Crippen LogP contribution in [-0.2, 0) is 4.79 Å². The van der Waals surface area contributed by atoms with Crippen LogP contribution in [0.1, 0.15) is 17.3 Å². The normalized spacial score (nSPS) is 14.4. The van der Waals surface area contributed by atoms with Gasteiger partial charge in [0, 0.05) is 46.8 Å². The van der Waals surface area contributed by atoms with E-state index in [1.807, 2.05) is 53.4 Å². The zero-order valence-corrected chi connectivity index (χ0v) is 17.1. The predicted octanol–water partition coefficient (Wildman–Crippen LogP) is 4.09. The van der Waals surface area contributed by atoms with Crippen molar-refractivity contribution >= 4 is 45.1 Å². The van der Waals surface area contributed by atoms with Gasteiger partial charge in [0.05, 0.1) is 5.75 Å². The van der Waals surface area contributed by atoms with Gasteiger partial charge in [0.25, 0.3) is 0 Å². The fraction of sp³-hybridized carbons (Fsp3) is 0.300. The first-order valence-electron chi connectivity index (χ1n) is 8.55. The van der Waals surface area contributed by atoms with Gasteiger partial charge in [-0.15, -0.1) is 11.8 Å². The molecule has 0 spiro atoms. The monoisotopic (exact) mass is 432 g/mol. The van der Waals surface area contributed by atoms with Gasteiger partial charge in [0.15, 0.2) is 5.78 Å². The van der Waals surface area contributed by atoms with Gasteiger partial charge in [0.2, 0.25) is 5.91 Å². The Morgan fingerprint density at radius 3 is 2.15 bits per heavy atom. The molecule has 0 aliphatic carbocycles. The van der Waals surface area contributed by atoms with Crippen LogP contribution in [0.3, 0.4) is 0 Å². The highest BCUT2D eigenvalue weighted by molar-refractivity contribution is 9.10. The summed E-state index contributed by atoms with van der Waals surface area (Å²) in [6.07, 6.45) is 0. The van der Waals surface area contributed by atoms with Gasteiger partial charge in [-0.25, -0.2) is 0 Å². The van der Waals surface area contributed by atoms with Gasteiger partial charge in [0.1, 0.15) is 0 Å². The predicted molar refractivity (Wildman–Crippen MR) is 110 cm³/mol. The van der Waals surface area contributed by atoms with Gasteiger partial charge < -0.3 is 9.80 Å². The summed E-state index contributed by atoms with van der Waals surface area (Å²) < 4.78 is 1.04. The molecule has 26 heavy (non-hydrogen) atoms. The summed E-state index contributed by atoms with van der Waals surface area (Å²) in [5.41, 5.74) is 1.83. The lowest BCUT2D eigenvalue weighted by Gasteiger charge is -2.36. The average Bonchev–Trinajstić information content (AvgIpc) is 2.67. The zero-order valence-electron chi connectivity index (χ0n) is 14.7. The van der Waals surface area contributed by atoms with Crippen LogP contribution in [0.25, 0.3) is 0 Å². The number of hydrogen-bond donors (Lipinski definition) is 0. The second-order valence-electron chi connectivity index (χ2n) is 6.21. The van der Waals surface area contributed by atoms with E-state index in [1.54, 1.807) is 18.7 Å². The maximum atomic E-state index is 12.4. The third kappa shape index (κ3) is 4.89. The molecule has 1 amide bonds. The lowest BCUT2D eigenvalue weighted by molar-refractivity contribution is -0.128. The summed E-state index contributed by atoms with van der Waals surface area (Å²) in [7, 11) is 0. The van der Waals surface area contributed by atoms with Crippen LogP contribution in [0.15, 0.2) is 57.9 Å². The van der Waals surface area contributed by atoms with E-state index in [1.165, 1.54) is 0 Å². The summed E-state index contributed by atoms with van der Waals surface area (Å²) in [4.78, 5) is 29.1. The second-order valence-corrected chi connectivity index (χ2v) is 8.18. The number of thioether (sulfide) groups is 1. The van der Waals surface area contributed by atoms with Crippen LogP contribution in [0.2, 0.25) is 0 Å². The molecular formula is C20H21BrN2O2S. The summed E-state index contributed by atoms with van der Waals surface area (Å²) >= 11 is 4.99. The first-order chi connectivity index (χ1) is 12.5. The van der Waals surface area contributed by atoms with E-state index in [4.69, 9.17) is 0 Å². The van der Waals surface area contributed by atoms with E-state index in [0.717, 1.165) is 46.8 Å². The number of carbonyl (C=O) groups is 2. The lowest BCUT2D eigenvalue weighted by atomic mass is 10.1. The molecule has 0 unspecified atom stereocenters. The first kappa shape index (κ1) is 19.0. The highest BCUT2D eigenvalue weighted by Gasteiger charge is 2.21. The molecule has 4 nitrogen and oxygen atoms in total. The maximum Gasteiger partial charge on any atom is 0.233 e. The van der Waals surface area contributed by atoms with Crippen LogP contribution in [0, 0.1) is 0 Å². The molecule has 3 rings (SSSR count). The Morgan fingerprint density at radius 2 is 1.58 bits per heavy atom. The smallest absolute Gasteiger partial charge is 0.233 e. The third-order valence-electron chi connectivity index (χ3n) is 4.45. The number of rotatable bonds is 5. The van der Waals surface area contributed by atoms with Crippen LogP contribution in [0.4, 0.5) is 5.69 Å². The Hall–Kier alpha value is -1.79. The summed E-state index contributed by atoms with van der Waals surface area (Å²) in [5.74, 6) is 0.731. The Labute approximate surface area is 166 Å². The fourth-order valence-electron chi connectivity index (χ4n) is 2.89. The zero-order chi connectivity index (χ0) is 18.5. The van der Waals surface area contributed by atoms with E-state index in [9.17, 15) is 9.59 Å². The number of hydrogen-bond acceptors (Lipinski definition) is 4. The Kier molecular flexibility index (Phi) is 6.38. The minimum Gasteiger partial charge on any atom is -0.368 e. The van der Waals surface area contributed by atoms with Crippen LogP contribution in [-0.4, -0.2) is 48.5 Å². The molecule has 136 valence electrons. The van der Waals surface area contributed by atoms with Crippen LogP contribution < -0.4 is 4.90 Å². The van der Waals surface area contributed by atoms with Gasteiger partial charge in [-0.1, -0.05) is 15.9 Å². The van der Waals surface area contributed by atoms with Gasteiger partial charge in [-0.3, -0.25) is 9.59 Å². The number of amides is 1. The SMILES string of the molecule is CC(=O)c1ccc(N2CCN(C(=O)CSc3ccc(Br)cc3)CC2)cc1. The molecule has 1 aliphatic heterocycles. The van der Waals surface area contributed by atoms with Crippen molar-refractivity contribution in [2.45, 2.75) is 11.8 Å². The standard InChI is InChI=1S/C20H21BrN2O2S/c1-15(24)16-2-6-18(7-3-16)22-10-12-23(13-11-22)20(25)14-26-19-8-4-17(21)5-9-19/h2-9H,10-14H2,1H3. The van der Waals surface area contributed by atoms with Crippen LogP contribution >= 0.6 is 27.7 Å². The molecule has 1 saturated heterocycles. The number of Topliss-reactive ketones (excluding diaryl/α,β-unsaturated/α-hetero) is 1. The molecule has 0 aromatic heterocycles. The number of benzene rings is 2. The molecule has 2 aromatic carbocycles. The number of halogens is 1.